The number of hydrogen-bond donors (Lipinski definition) is 0. The first-order valence-electron chi connectivity index (χ1n) is 11.1. The molecule has 6 nitrogen and oxygen atoms in total. The number of rotatable bonds is 11. The van der Waals surface area contributed by atoms with Crippen molar-refractivity contribution in [3.63, 3.8) is 0 Å². The van der Waals surface area contributed by atoms with Crippen LogP contribution in [0.3, 0.4) is 0 Å². The number of carbonyl (C=O) groups excluding carboxylic acids is 1. The summed E-state index contributed by atoms with van der Waals surface area (Å²) in [5.41, 5.74) is 2.75. The van der Waals surface area contributed by atoms with E-state index in [-0.39, 0.29) is 11.5 Å². The van der Waals surface area contributed by atoms with E-state index in [2.05, 4.69) is 0 Å². The highest BCUT2D eigenvalue weighted by molar-refractivity contribution is 6.04. The molecule has 0 bridgehead atoms. The molecular formula is C29H29FO6. The van der Waals surface area contributed by atoms with E-state index in [4.69, 9.17) is 23.7 Å². The molecule has 0 saturated carbocycles. The van der Waals surface area contributed by atoms with E-state index in [0.717, 1.165) is 11.1 Å². The van der Waals surface area contributed by atoms with Gasteiger partial charge in [0.25, 0.3) is 0 Å². The molecule has 0 aliphatic heterocycles. The fourth-order valence-electron chi connectivity index (χ4n) is 3.63. The molecule has 0 aliphatic rings. The fraction of sp³-hybridized carbons (Fsp3) is 0.207. The van der Waals surface area contributed by atoms with Crippen molar-refractivity contribution >= 4 is 17.9 Å². The van der Waals surface area contributed by atoms with Crippen molar-refractivity contribution in [2.24, 2.45) is 0 Å². The maximum atomic E-state index is 14.5. The average Bonchev–Trinajstić information content (AvgIpc) is 2.91. The van der Waals surface area contributed by atoms with Crippen molar-refractivity contribution < 1.29 is 32.9 Å². The van der Waals surface area contributed by atoms with Crippen molar-refractivity contribution in [3.05, 3.63) is 88.8 Å². The van der Waals surface area contributed by atoms with Gasteiger partial charge in [0.1, 0.15) is 5.75 Å². The van der Waals surface area contributed by atoms with Gasteiger partial charge in [-0.1, -0.05) is 18.2 Å². The van der Waals surface area contributed by atoms with Crippen LogP contribution in [-0.2, 0) is 6.42 Å². The van der Waals surface area contributed by atoms with Gasteiger partial charge in [0.2, 0.25) is 5.75 Å². The fourth-order valence-corrected chi connectivity index (χ4v) is 3.63. The summed E-state index contributed by atoms with van der Waals surface area (Å²) < 4.78 is 41.0. The Kier molecular flexibility index (Phi) is 9.11. The van der Waals surface area contributed by atoms with Crippen LogP contribution in [0, 0.1) is 5.82 Å². The quantitative estimate of drug-likeness (QED) is 0.185. The molecule has 0 N–H and O–H groups in total. The number of hydrogen-bond acceptors (Lipinski definition) is 6. The lowest BCUT2D eigenvalue weighted by Gasteiger charge is -2.13. The summed E-state index contributed by atoms with van der Waals surface area (Å²) >= 11 is 0. The van der Waals surface area contributed by atoms with Crippen LogP contribution in [0.1, 0.15) is 27.0 Å². The number of ketones is 1. The summed E-state index contributed by atoms with van der Waals surface area (Å²) in [5.74, 6) is 1.70. The summed E-state index contributed by atoms with van der Waals surface area (Å²) in [4.78, 5) is 12.5. The van der Waals surface area contributed by atoms with Crippen molar-refractivity contribution in [2.75, 3.05) is 35.5 Å². The van der Waals surface area contributed by atoms with Gasteiger partial charge in [0, 0.05) is 5.56 Å². The molecule has 3 aromatic carbocycles. The molecular weight excluding hydrogens is 463 g/mol. The van der Waals surface area contributed by atoms with Gasteiger partial charge >= 0.3 is 0 Å². The van der Waals surface area contributed by atoms with Gasteiger partial charge in [-0.3, -0.25) is 4.79 Å². The van der Waals surface area contributed by atoms with Gasteiger partial charge in [0.05, 0.1) is 35.5 Å². The monoisotopic (exact) mass is 492 g/mol. The summed E-state index contributed by atoms with van der Waals surface area (Å²) in [6.45, 7) is 0. The number of ether oxygens (including phenoxy) is 5. The molecule has 0 fully saturated rings. The Labute approximate surface area is 210 Å². The minimum absolute atomic E-state index is 0.129. The molecule has 0 aliphatic carbocycles. The predicted molar refractivity (Wildman–Crippen MR) is 138 cm³/mol. The standard InChI is InChI=1S/C29H29FO6/c1-32-23-13-11-20(12-14-23)25(31)8-6-7-21-18-26(33-2)24(30)17-22(21)10-9-19-15-27(34-3)29(36-5)28(16-19)35-4/h6,8-18H,7H2,1-5H3/b8-6-,10-9-. The van der Waals surface area contributed by atoms with Crippen LogP contribution in [0.15, 0.2) is 60.7 Å². The van der Waals surface area contributed by atoms with Crippen LogP contribution in [-0.4, -0.2) is 41.3 Å². The zero-order valence-electron chi connectivity index (χ0n) is 21.0. The van der Waals surface area contributed by atoms with Gasteiger partial charge in [-0.15, -0.1) is 0 Å². The zero-order valence-corrected chi connectivity index (χ0v) is 21.0. The predicted octanol–water partition coefficient (Wildman–Crippen LogP) is 6.02. The van der Waals surface area contributed by atoms with Crippen LogP contribution in [0.2, 0.25) is 0 Å². The Morgan fingerprint density at radius 2 is 1.42 bits per heavy atom. The van der Waals surface area contributed by atoms with E-state index in [0.29, 0.717) is 40.5 Å². The Hall–Kier alpha value is -4.26. The Bertz CT molecular complexity index is 1240. The largest absolute Gasteiger partial charge is 0.497 e. The van der Waals surface area contributed by atoms with E-state index < -0.39 is 5.82 Å². The molecule has 0 amide bonds. The summed E-state index contributed by atoms with van der Waals surface area (Å²) in [6, 6.07) is 13.5. The Morgan fingerprint density at radius 3 is 1.97 bits per heavy atom. The maximum Gasteiger partial charge on any atom is 0.203 e. The highest BCUT2D eigenvalue weighted by atomic mass is 19.1. The second kappa shape index (κ2) is 12.4. The average molecular weight is 493 g/mol. The maximum absolute atomic E-state index is 14.5. The smallest absolute Gasteiger partial charge is 0.203 e. The van der Waals surface area contributed by atoms with Crippen molar-refractivity contribution in [2.45, 2.75) is 6.42 Å². The number of benzene rings is 3. The molecule has 0 unspecified atom stereocenters. The first kappa shape index (κ1) is 26.3. The van der Waals surface area contributed by atoms with Crippen LogP contribution < -0.4 is 23.7 Å². The lowest BCUT2D eigenvalue weighted by atomic mass is 10.0. The van der Waals surface area contributed by atoms with Crippen molar-refractivity contribution in [1.82, 2.24) is 0 Å². The normalized spacial score (nSPS) is 11.1. The van der Waals surface area contributed by atoms with Gasteiger partial charge in [-0.05, 0) is 77.7 Å². The van der Waals surface area contributed by atoms with Gasteiger partial charge < -0.3 is 23.7 Å². The number of carbonyl (C=O) groups is 1. The van der Waals surface area contributed by atoms with Gasteiger partial charge in [-0.2, -0.15) is 0 Å². The summed E-state index contributed by atoms with van der Waals surface area (Å²) in [7, 11) is 7.61. The molecule has 0 atom stereocenters. The number of allylic oxidation sites excluding steroid dienone is 2. The minimum atomic E-state index is -0.482. The van der Waals surface area contributed by atoms with Gasteiger partial charge in [0.15, 0.2) is 28.8 Å². The molecule has 0 saturated heterocycles. The van der Waals surface area contributed by atoms with E-state index in [1.165, 1.54) is 26.4 Å². The summed E-state index contributed by atoms with van der Waals surface area (Å²) in [5, 5.41) is 0. The third-order valence-corrected chi connectivity index (χ3v) is 5.54. The lowest BCUT2D eigenvalue weighted by Crippen LogP contribution is -1.97. The van der Waals surface area contributed by atoms with Crippen LogP contribution in [0.25, 0.3) is 12.2 Å². The molecule has 0 spiro atoms. The van der Waals surface area contributed by atoms with Crippen molar-refractivity contribution in [3.8, 4) is 28.7 Å². The highest BCUT2D eigenvalue weighted by Gasteiger charge is 2.13. The second-order valence-corrected chi connectivity index (χ2v) is 7.68. The minimum Gasteiger partial charge on any atom is -0.497 e. The Morgan fingerprint density at radius 1 is 0.778 bits per heavy atom. The first-order chi connectivity index (χ1) is 17.4. The Balaban J connectivity index is 1.88. The number of methoxy groups -OCH3 is 5. The molecule has 3 rings (SSSR count). The third-order valence-electron chi connectivity index (χ3n) is 5.54. The van der Waals surface area contributed by atoms with E-state index in [1.54, 1.807) is 75.9 Å². The van der Waals surface area contributed by atoms with Crippen LogP contribution in [0.5, 0.6) is 28.7 Å². The molecule has 3 aromatic rings. The highest BCUT2D eigenvalue weighted by Crippen LogP contribution is 2.38. The molecule has 0 aromatic heterocycles. The first-order valence-corrected chi connectivity index (χ1v) is 11.1. The van der Waals surface area contributed by atoms with E-state index in [9.17, 15) is 9.18 Å². The van der Waals surface area contributed by atoms with Crippen LogP contribution in [0.4, 0.5) is 4.39 Å². The van der Waals surface area contributed by atoms with E-state index >= 15 is 0 Å². The van der Waals surface area contributed by atoms with Crippen molar-refractivity contribution in [1.29, 1.82) is 0 Å². The van der Waals surface area contributed by atoms with Crippen LogP contribution >= 0.6 is 0 Å². The third kappa shape index (κ3) is 6.24. The SMILES string of the molecule is COc1ccc(C(=O)/C=C\Cc2cc(OC)c(F)cc2/C=C\c2cc(OC)c(OC)c(OC)c2)cc1. The topological polar surface area (TPSA) is 63.2 Å². The lowest BCUT2D eigenvalue weighted by molar-refractivity contribution is 0.104. The molecule has 7 heteroatoms. The zero-order chi connectivity index (χ0) is 26.1. The van der Waals surface area contributed by atoms with Gasteiger partial charge in [-0.25, -0.2) is 4.39 Å². The molecule has 0 radical (unpaired) electrons. The molecule has 36 heavy (non-hydrogen) atoms. The molecule has 188 valence electrons. The van der Waals surface area contributed by atoms with E-state index in [1.807, 2.05) is 6.08 Å². The number of halogens is 1. The molecule has 0 heterocycles. The second-order valence-electron chi connectivity index (χ2n) is 7.68. The summed E-state index contributed by atoms with van der Waals surface area (Å²) in [6.07, 6.45) is 7.26.